The first-order chi connectivity index (χ1) is 10.1. The predicted molar refractivity (Wildman–Crippen MR) is 83.3 cm³/mol. The van der Waals surface area contributed by atoms with Gasteiger partial charge in [-0.3, -0.25) is 9.78 Å². The van der Waals surface area contributed by atoms with Gasteiger partial charge in [0.2, 0.25) is 5.91 Å². The molecule has 1 heterocycles. The molecule has 1 aromatic heterocycles. The Hall–Kier alpha value is -2.56. The van der Waals surface area contributed by atoms with E-state index in [2.05, 4.69) is 10.3 Å². The first-order valence-corrected chi connectivity index (χ1v) is 6.82. The number of nitrogens with two attached hydrogens (primary N) is 1. The summed E-state index contributed by atoms with van der Waals surface area (Å²) >= 11 is 0. The van der Waals surface area contributed by atoms with Crippen molar-refractivity contribution in [3.8, 4) is 5.75 Å². The third kappa shape index (κ3) is 4.21. The molecule has 3 N–H and O–H groups in total. The Kier molecular flexibility index (Phi) is 4.77. The number of hydrogen-bond acceptors (Lipinski definition) is 4. The molecule has 2 rings (SSSR count). The van der Waals surface area contributed by atoms with Gasteiger partial charge in [-0.05, 0) is 49.7 Å². The van der Waals surface area contributed by atoms with Crippen molar-refractivity contribution in [3.63, 3.8) is 0 Å². The summed E-state index contributed by atoms with van der Waals surface area (Å²) in [7, 11) is 0. The number of benzene rings is 1. The highest BCUT2D eigenvalue weighted by Crippen LogP contribution is 2.21. The zero-order chi connectivity index (χ0) is 15.2. The lowest BCUT2D eigenvalue weighted by Crippen LogP contribution is -2.16. The van der Waals surface area contributed by atoms with Crippen molar-refractivity contribution in [3.05, 3.63) is 47.8 Å². The quantitative estimate of drug-likeness (QED) is 0.885. The van der Waals surface area contributed by atoms with Gasteiger partial charge in [0.05, 0.1) is 24.9 Å². The molecule has 1 amide bonds. The molecule has 0 radical (unpaired) electrons. The number of aromatic nitrogens is 1. The van der Waals surface area contributed by atoms with Crippen molar-refractivity contribution in [1.29, 1.82) is 0 Å². The Morgan fingerprint density at radius 3 is 2.76 bits per heavy atom. The van der Waals surface area contributed by atoms with Gasteiger partial charge in [0, 0.05) is 11.4 Å². The van der Waals surface area contributed by atoms with Crippen LogP contribution in [0, 0.1) is 6.92 Å². The van der Waals surface area contributed by atoms with E-state index < -0.39 is 0 Å². The van der Waals surface area contributed by atoms with Crippen LogP contribution in [0.25, 0.3) is 0 Å². The van der Waals surface area contributed by atoms with E-state index in [1.165, 1.54) is 0 Å². The van der Waals surface area contributed by atoms with Crippen LogP contribution in [-0.2, 0) is 11.2 Å². The maximum Gasteiger partial charge on any atom is 0.230 e. The standard InChI is InChI=1S/C16H19N3O2/c1-3-21-14-6-7-15(11(2)8-14)19-16(20)9-13-5-4-12(17)10-18-13/h4-8,10H,3,9,17H2,1-2H3,(H,19,20). The van der Waals surface area contributed by atoms with Crippen molar-refractivity contribution in [1.82, 2.24) is 4.98 Å². The minimum atomic E-state index is -0.112. The molecule has 0 spiro atoms. The highest BCUT2D eigenvalue weighted by molar-refractivity contribution is 5.92. The highest BCUT2D eigenvalue weighted by atomic mass is 16.5. The summed E-state index contributed by atoms with van der Waals surface area (Å²) in [5, 5.41) is 2.88. The van der Waals surface area contributed by atoms with Crippen LogP contribution in [0.3, 0.4) is 0 Å². The molecule has 110 valence electrons. The molecule has 21 heavy (non-hydrogen) atoms. The average molecular weight is 285 g/mol. The van der Waals surface area contributed by atoms with E-state index in [1.54, 1.807) is 18.3 Å². The first-order valence-electron chi connectivity index (χ1n) is 6.82. The number of rotatable bonds is 5. The van der Waals surface area contributed by atoms with Crippen LogP contribution in [0.2, 0.25) is 0 Å². The van der Waals surface area contributed by atoms with Crippen LogP contribution in [0.4, 0.5) is 11.4 Å². The minimum absolute atomic E-state index is 0.112. The van der Waals surface area contributed by atoms with E-state index in [0.29, 0.717) is 18.0 Å². The molecule has 5 heteroatoms. The number of pyridine rings is 1. The number of carbonyl (C=O) groups excluding carboxylic acids is 1. The third-order valence-electron chi connectivity index (χ3n) is 2.97. The van der Waals surface area contributed by atoms with Crippen molar-refractivity contribution < 1.29 is 9.53 Å². The fraction of sp³-hybridized carbons (Fsp3) is 0.250. The second kappa shape index (κ2) is 6.74. The van der Waals surface area contributed by atoms with Gasteiger partial charge >= 0.3 is 0 Å². The molecular formula is C16H19N3O2. The molecule has 2 aromatic rings. The van der Waals surface area contributed by atoms with Gasteiger partial charge in [0.15, 0.2) is 0 Å². The molecule has 0 bridgehead atoms. The Morgan fingerprint density at radius 1 is 1.33 bits per heavy atom. The monoisotopic (exact) mass is 285 g/mol. The van der Waals surface area contributed by atoms with Gasteiger partial charge in [-0.2, -0.15) is 0 Å². The fourth-order valence-electron chi connectivity index (χ4n) is 1.93. The lowest BCUT2D eigenvalue weighted by molar-refractivity contribution is -0.115. The van der Waals surface area contributed by atoms with Gasteiger partial charge in [0.25, 0.3) is 0 Å². The van der Waals surface area contributed by atoms with Crippen LogP contribution in [0.5, 0.6) is 5.75 Å². The first kappa shape index (κ1) is 14.8. The molecule has 0 fully saturated rings. The lowest BCUT2D eigenvalue weighted by atomic mass is 10.1. The van der Waals surface area contributed by atoms with E-state index in [4.69, 9.17) is 10.5 Å². The van der Waals surface area contributed by atoms with Crippen LogP contribution < -0.4 is 15.8 Å². The molecule has 0 unspecified atom stereocenters. The summed E-state index contributed by atoms with van der Waals surface area (Å²) in [4.78, 5) is 16.1. The van der Waals surface area contributed by atoms with Crippen LogP contribution >= 0.6 is 0 Å². The average Bonchev–Trinajstić information content (AvgIpc) is 2.45. The van der Waals surface area contributed by atoms with Crippen molar-refractivity contribution in [2.75, 3.05) is 17.7 Å². The third-order valence-corrected chi connectivity index (χ3v) is 2.97. The number of anilines is 2. The lowest BCUT2D eigenvalue weighted by Gasteiger charge is -2.10. The molecule has 1 aromatic carbocycles. The number of hydrogen-bond donors (Lipinski definition) is 2. The summed E-state index contributed by atoms with van der Waals surface area (Å²) in [5.74, 6) is 0.688. The van der Waals surface area contributed by atoms with E-state index >= 15 is 0 Å². The van der Waals surface area contributed by atoms with Crippen molar-refractivity contribution in [2.45, 2.75) is 20.3 Å². The van der Waals surface area contributed by atoms with E-state index in [1.807, 2.05) is 32.0 Å². The Balaban J connectivity index is 2.00. The van der Waals surface area contributed by atoms with Crippen molar-refractivity contribution >= 4 is 17.3 Å². The van der Waals surface area contributed by atoms with E-state index in [-0.39, 0.29) is 12.3 Å². The number of aryl methyl sites for hydroxylation is 1. The van der Waals surface area contributed by atoms with Crippen LogP contribution in [0.15, 0.2) is 36.5 Å². The van der Waals surface area contributed by atoms with Crippen LogP contribution in [-0.4, -0.2) is 17.5 Å². The topological polar surface area (TPSA) is 77.2 Å². The maximum atomic E-state index is 12.0. The number of nitrogen functional groups attached to an aromatic ring is 1. The fourth-order valence-corrected chi connectivity index (χ4v) is 1.93. The second-order valence-electron chi connectivity index (χ2n) is 4.72. The Morgan fingerprint density at radius 2 is 2.14 bits per heavy atom. The molecule has 0 saturated carbocycles. The predicted octanol–water partition coefficient (Wildman–Crippen LogP) is 2.55. The summed E-state index contributed by atoms with van der Waals surface area (Å²) in [5.41, 5.74) is 8.57. The van der Waals surface area contributed by atoms with Crippen LogP contribution in [0.1, 0.15) is 18.2 Å². The molecule has 0 aliphatic heterocycles. The van der Waals surface area contributed by atoms with Gasteiger partial charge < -0.3 is 15.8 Å². The summed E-state index contributed by atoms with van der Waals surface area (Å²) in [6, 6.07) is 9.07. The smallest absolute Gasteiger partial charge is 0.230 e. The molecule has 5 nitrogen and oxygen atoms in total. The molecule has 0 aliphatic carbocycles. The van der Waals surface area contributed by atoms with Gasteiger partial charge in [-0.25, -0.2) is 0 Å². The molecule has 0 saturated heterocycles. The summed E-state index contributed by atoms with van der Waals surface area (Å²) in [6.07, 6.45) is 1.76. The molecular weight excluding hydrogens is 266 g/mol. The number of nitrogens with one attached hydrogen (secondary N) is 1. The zero-order valence-corrected chi connectivity index (χ0v) is 12.2. The SMILES string of the molecule is CCOc1ccc(NC(=O)Cc2ccc(N)cn2)c(C)c1. The molecule has 0 atom stereocenters. The maximum absolute atomic E-state index is 12.0. The summed E-state index contributed by atoms with van der Waals surface area (Å²) < 4.78 is 5.42. The minimum Gasteiger partial charge on any atom is -0.494 e. The zero-order valence-electron chi connectivity index (χ0n) is 12.2. The number of ether oxygens (including phenoxy) is 1. The Bertz CT molecular complexity index is 624. The largest absolute Gasteiger partial charge is 0.494 e. The number of amides is 1. The molecule has 0 aliphatic rings. The van der Waals surface area contributed by atoms with Gasteiger partial charge in [0.1, 0.15) is 5.75 Å². The normalized spacial score (nSPS) is 10.2. The van der Waals surface area contributed by atoms with Gasteiger partial charge in [-0.1, -0.05) is 0 Å². The summed E-state index contributed by atoms with van der Waals surface area (Å²) in [6.45, 7) is 4.48. The number of carbonyl (C=O) groups is 1. The second-order valence-corrected chi connectivity index (χ2v) is 4.72. The highest BCUT2D eigenvalue weighted by Gasteiger charge is 2.07. The number of nitrogens with zero attached hydrogens (tertiary/aromatic N) is 1. The van der Waals surface area contributed by atoms with E-state index in [9.17, 15) is 4.79 Å². The van der Waals surface area contributed by atoms with Crippen molar-refractivity contribution in [2.24, 2.45) is 0 Å². The van der Waals surface area contributed by atoms with Gasteiger partial charge in [-0.15, -0.1) is 0 Å². The Labute approximate surface area is 124 Å². The van der Waals surface area contributed by atoms with E-state index in [0.717, 1.165) is 17.0 Å².